The number of carbonyl (C=O) groups excluding carboxylic acids is 1. The van der Waals surface area contributed by atoms with Crippen LogP contribution in [0.3, 0.4) is 0 Å². The Labute approximate surface area is 151 Å². The molecule has 2 N–H and O–H groups in total. The van der Waals surface area contributed by atoms with E-state index in [0.29, 0.717) is 0 Å². The molecule has 26 heavy (non-hydrogen) atoms. The van der Waals surface area contributed by atoms with Crippen LogP contribution >= 0.6 is 11.6 Å². The molecule has 10 heteroatoms. The Balaban J connectivity index is 1.71. The number of carbonyl (C=O) groups is 1. The van der Waals surface area contributed by atoms with Crippen LogP contribution in [-0.4, -0.2) is 31.7 Å². The van der Waals surface area contributed by atoms with Gasteiger partial charge in [-0.1, -0.05) is 23.7 Å². The van der Waals surface area contributed by atoms with E-state index in [4.69, 9.17) is 11.6 Å². The molecule has 1 heterocycles. The van der Waals surface area contributed by atoms with Crippen molar-refractivity contribution in [2.75, 3.05) is 0 Å². The van der Waals surface area contributed by atoms with Gasteiger partial charge in [0.15, 0.2) is 0 Å². The number of imidazole rings is 1. The lowest BCUT2D eigenvalue weighted by Gasteiger charge is -2.04. The highest BCUT2D eigenvalue weighted by molar-refractivity contribution is 6.31. The van der Waals surface area contributed by atoms with E-state index in [1.807, 2.05) is 24.3 Å². The summed E-state index contributed by atoms with van der Waals surface area (Å²) in [5, 5.41) is 24.5. The predicted octanol–water partition coefficient (Wildman–Crippen LogP) is 2.45. The highest BCUT2D eigenvalue weighted by atomic mass is 35.5. The number of hydrazone groups is 1. The number of aromatic hydroxyl groups is 1. The lowest BCUT2D eigenvalue weighted by atomic mass is 10.2. The second-order valence-electron chi connectivity index (χ2n) is 5.27. The number of rotatable bonds is 5. The first-order valence-electron chi connectivity index (χ1n) is 7.34. The number of hydrogen-bond donors (Lipinski definition) is 2. The molecular formula is C16H12ClN5O4. The van der Waals surface area contributed by atoms with Gasteiger partial charge >= 0.3 is 5.69 Å². The molecule has 3 rings (SSSR count). The molecule has 1 aromatic heterocycles. The van der Waals surface area contributed by atoms with Gasteiger partial charge in [0.25, 0.3) is 5.91 Å². The van der Waals surface area contributed by atoms with Crippen LogP contribution in [0, 0.1) is 10.1 Å². The standard InChI is InChI=1S/C16H12ClN5O4/c17-11-5-10(16(24)14(6-11)22(25)26)7-19-20-15(23)8-21-9-18-12-3-1-2-4-13(12)21/h1-7,9,24H,8H2,(H,20,23)/b19-7+. The van der Waals surface area contributed by atoms with E-state index in [0.717, 1.165) is 23.3 Å². The molecule has 0 saturated carbocycles. The Morgan fingerprint density at radius 2 is 2.19 bits per heavy atom. The number of nitro groups is 1. The molecule has 9 nitrogen and oxygen atoms in total. The van der Waals surface area contributed by atoms with Crippen LogP contribution in [0.5, 0.6) is 5.75 Å². The summed E-state index contributed by atoms with van der Waals surface area (Å²) >= 11 is 5.78. The smallest absolute Gasteiger partial charge is 0.312 e. The van der Waals surface area contributed by atoms with Crippen LogP contribution < -0.4 is 5.43 Å². The van der Waals surface area contributed by atoms with Crippen molar-refractivity contribution in [3.05, 3.63) is 63.4 Å². The van der Waals surface area contributed by atoms with E-state index in [2.05, 4.69) is 15.5 Å². The molecule has 0 bridgehead atoms. The van der Waals surface area contributed by atoms with Gasteiger partial charge in [0.05, 0.1) is 28.5 Å². The van der Waals surface area contributed by atoms with Crippen molar-refractivity contribution in [1.29, 1.82) is 0 Å². The number of fused-ring (bicyclic) bond motifs is 1. The van der Waals surface area contributed by atoms with Crippen molar-refractivity contribution in [2.24, 2.45) is 5.10 Å². The fraction of sp³-hybridized carbons (Fsp3) is 0.0625. The molecule has 0 fully saturated rings. The maximum absolute atomic E-state index is 12.0. The normalized spacial score (nSPS) is 11.1. The highest BCUT2D eigenvalue weighted by Gasteiger charge is 2.17. The average molecular weight is 374 g/mol. The third-order valence-corrected chi connectivity index (χ3v) is 3.73. The monoisotopic (exact) mass is 373 g/mol. The summed E-state index contributed by atoms with van der Waals surface area (Å²) in [5.74, 6) is -1.02. The molecule has 0 radical (unpaired) electrons. The first-order chi connectivity index (χ1) is 12.5. The second kappa shape index (κ2) is 7.19. The van der Waals surface area contributed by atoms with Gasteiger partial charge in [0.2, 0.25) is 5.75 Å². The maximum Gasteiger partial charge on any atom is 0.312 e. The van der Waals surface area contributed by atoms with Crippen LogP contribution in [0.15, 0.2) is 47.8 Å². The fourth-order valence-corrected chi connectivity index (χ4v) is 2.56. The van der Waals surface area contributed by atoms with Crippen molar-refractivity contribution in [2.45, 2.75) is 6.54 Å². The molecule has 3 aromatic rings. The Morgan fingerprint density at radius 1 is 1.42 bits per heavy atom. The van der Waals surface area contributed by atoms with Gasteiger partial charge in [0, 0.05) is 16.7 Å². The molecule has 0 aliphatic rings. The first kappa shape index (κ1) is 17.4. The van der Waals surface area contributed by atoms with Gasteiger partial charge in [-0.05, 0) is 18.2 Å². The second-order valence-corrected chi connectivity index (χ2v) is 5.71. The van der Waals surface area contributed by atoms with Crippen LogP contribution in [0.2, 0.25) is 5.02 Å². The molecule has 0 unspecified atom stereocenters. The zero-order valence-corrected chi connectivity index (χ0v) is 13.9. The van der Waals surface area contributed by atoms with Gasteiger partial charge < -0.3 is 9.67 Å². The first-order valence-corrected chi connectivity index (χ1v) is 7.72. The van der Waals surface area contributed by atoms with Crippen LogP contribution in [0.25, 0.3) is 11.0 Å². The number of nitrogens with zero attached hydrogens (tertiary/aromatic N) is 4. The Kier molecular flexibility index (Phi) is 4.81. The molecule has 0 saturated heterocycles. The number of nitro benzene ring substituents is 1. The summed E-state index contributed by atoms with van der Waals surface area (Å²) in [6.45, 7) is -0.0144. The van der Waals surface area contributed by atoms with Crippen molar-refractivity contribution in [3.8, 4) is 5.75 Å². The Bertz CT molecular complexity index is 1030. The number of hydrogen-bond acceptors (Lipinski definition) is 6. The number of aromatic nitrogens is 2. The fourth-order valence-electron chi connectivity index (χ4n) is 2.34. The molecule has 1 amide bonds. The molecule has 0 aliphatic heterocycles. The summed E-state index contributed by atoms with van der Waals surface area (Å²) in [5.41, 5.74) is 3.32. The molecule has 2 aromatic carbocycles. The molecular weight excluding hydrogens is 362 g/mol. The number of amides is 1. The number of nitrogens with one attached hydrogen (secondary N) is 1. The van der Waals surface area contributed by atoms with E-state index in [1.165, 1.54) is 6.07 Å². The summed E-state index contributed by atoms with van der Waals surface area (Å²) in [6.07, 6.45) is 2.62. The van der Waals surface area contributed by atoms with E-state index in [9.17, 15) is 20.0 Å². The largest absolute Gasteiger partial charge is 0.502 e. The van der Waals surface area contributed by atoms with E-state index >= 15 is 0 Å². The van der Waals surface area contributed by atoms with E-state index in [-0.39, 0.29) is 17.1 Å². The van der Waals surface area contributed by atoms with Gasteiger partial charge in [0.1, 0.15) is 6.54 Å². The Morgan fingerprint density at radius 3 is 2.96 bits per heavy atom. The van der Waals surface area contributed by atoms with Crippen molar-refractivity contribution in [1.82, 2.24) is 15.0 Å². The van der Waals surface area contributed by atoms with Crippen LogP contribution in [0.4, 0.5) is 5.69 Å². The lowest BCUT2D eigenvalue weighted by Crippen LogP contribution is -2.22. The number of phenolic OH excluding ortho intramolecular Hbond substituents is 1. The summed E-state index contributed by atoms with van der Waals surface area (Å²) < 4.78 is 1.65. The summed E-state index contributed by atoms with van der Waals surface area (Å²) in [4.78, 5) is 26.3. The predicted molar refractivity (Wildman–Crippen MR) is 95.2 cm³/mol. The number of phenols is 1. The minimum Gasteiger partial charge on any atom is -0.502 e. The number of para-hydroxylation sites is 2. The van der Waals surface area contributed by atoms with Crippen LogP contribution in [0.1, 0.15) is 5.56 Å². The van der Waals surface area contributed by atoms with E-state index < -0.39 is 22.3 Å². The topological polar surface area (TPSA) is 123 Å². The van der Waals surface area contributed by atoms with Crippen molar-refractivity contribution >= 4 is 40.4 Å². The molecule has 0 spiro atoms. The third kappa shape index (κ3) is 3.62. The lowest BCUT2D eigenvalue weighted by molar-refractivity contribution is -0.385. The minimum absolute atomic E-state index is 0.0116. The van der Waals surface area contributed by atoms with Crippen LogP contribution in [-0.2, 0) is 11.3 Å². The zero-order valence-electron chi connectivity index (χ0n) is 13.2. The van der Waals surface area contributed by atoms with Gasteiger partial charge in [-0.25, -0.2) is 10.4 Å². The quantitative estimate of drug-likeness (QED) is 0.404. The van der Waals surface area contributed by atoms with Gasteiger partial charge in [-0.3, -0.25) is 14.9 Å². The highest BCUT2D eigenvalue weighted by Crippen LogP contribution is 2.32. The van der Waals surface area contributed by atoms with Crippen molar-refractivity contribution < 1.29 is 14.8 Å². The minimum atomic E-state index is -0.763. The average Bonchev–Trinajstić information content (AvgIpc) is 3.00. The third-order valence-electron chi connectivity index (χ3n) is 3.51. The number of halogens is 1. The van der Waals surface area contributed by atoms with Gasteiger partial charge in [-0.15, -0.1) is 0 Å². The maximum atomic E-state index is 12.0. The number of benzene rings is 2. The van der Waals surface area contributed by atoms with E-state index in [1.54, 1.807) is 10.9 Å². The summed E-state index contributed by atoms with van der Waals surface area (Å²) in [7, 11) is 0. The molecule has 0 atom stereocenters. The molecule has 132 valence electrons. The SMILES string of the molecule is O=C(Cn1cnc2ccccc21)N/N=C/c1cc(Cl)cc([N+](=O)[O-])c1O. The summed E-state index contributed by atoms with van der Waals surface area (Å²) in [6, 6.07) is 9.67. The molecule has 0 aliphatic carbocycles. The Hall–Kier alpha value is -3.46. The zero-order chi connectivity index (χ0) is 18.7. The van der Waals surface area contributed by atoms with Gasteiger partial charge in [-0.2, -0.15) is 5.10 Å². The van der Waals surface area contributed by atoms with Crippen molar-refractivity contribution in [3.63, 3.8) is 0 Å².